The molecule has 0 amide bonds. The lowest BCUT2D eigenvalue weighted by Gasteiger charge is -2.08. The average Bonchev–Trinajstić information content (AvgIpc) is 2.11. The van der Waals surface area contributed by atoms with Crippen LogP contribution in [-0.2, 0) is 14.8 Å². The van der Waals surface area contributed by atoms with E-state index in [1.807, 2.05) is 4.72 Å². The summed E-state index contributed by atoms with van der Waals surface area (Å²) in [5.41, 5.74) is 0. The van der Waals surface area contributed by atoms with Gasteiger partial charge in [-0.2, -0.15) is 0 Å². The van der Waals surface area contributed by atoms with Crippen molar-refractivity contribution in [3.8, 4) is 0 Å². The smallest absolute Gasteiger partial charge is 0.304 e. The normalized spacial score (nSPS) is 13.9. The molecule has 4 N–H and O–H groups in total. The zero-order chi connectivity index (χ0) is 11.2. The van der Waals surface area contributed by atoms with Gasteiger partial charge in [0, 0.05) is 6.54 Å². The number of aliphatic hydroxyl groups is 2. The molecule has 84 valence electrons. The predicted octanol–water partition coefficient (Wildman–Crippen LogP) is -2.27. The van der Waals surface area contributed by atoms with Gasteiger partial charge in [0.2, 0.25) is 10.0 Å². The Labute approximate surface area is 81.4 Å². The van der Waals surface area contributed by atoms with Crippen molar-refractivity contribution < 1.29 is 28.5 Å². The lowest BCUT2D eigenvalue weighted by Crippen LogP contribution is -2.35. The number of aliphatic hydroxyl groups excluding tert-OH is 2. The molecule has 0 radical (unpaired) electrons. The third-order valence-corrected chi connectivity index (χ3v) is 2.68. The van der Waals surface area contributed by atoms with E-state index in [1.54, 1.807) is 0 Å². The molecule has 0 aliphatic carbocycles. The summed E-state index contributed by atoms with van der Waals surface area (Å²) in [5, 5.41) is 25.4. The quantitative estimate of drug-likeness (QED) is 0.389. The first-order valence-corrected chi connectivity index (χ1v) is 5.50. The minimum Gasteiger partial charge on any atom is -0.481 e. The summed E-state index contributed by atoms with van der Waals surface area (Å²) >= 11 is 0. The Morgan fingerprint density at radius 1 is 1.43 bits per heavy atom. The molecular weight excluding hydrogens is 214 g/mol. The molecule has 0 saturated carbocycles. The van der Waals surface area contributed by atoms with Crippen molar-refractivity contribution in [1.29, 1.82) is 0 Å². The van der Waals surface area contributed by atoms with Crippen molar-refractivity contribution in [2.24, 2.45) is 0 Å². The van der Waals surface area contributed by atoms with E-state index in [2.05, 4.69) is 0 Å². The number of carbonyl (C=O) groups is 1. The second-order valence-corrected chi connectivity index (χ2v) is 4.57. The van der Waals surface area contributed by atoms with Crippen LogP contribution < -0.4 is 4.72 Å². The molecular formula is C6H13NO6S. The fraction of sp³-hybridized carbons (Fsp3) is 0.833. The van der Waals surface area contributed by atoms with Crippen LogP contribution in [0, 0.1) is 0 Å². The molecule has 0 rings (SSSR count). The maximum Gasteiger partial charge on any atom is 0.304 e. The zero-order valence-electron chi connectivity index (χ0n) is 7.38. The Bertz CT molecular complexity index is 274. The molecule has 0 heterocycles. The van der Waals surface area contributed by atoms with Gasteiger partial charge in [0.15, 0.2) is 0 Å². The second kappa shape index (κ2) is 5.91. The molecule has 0 fully saturated rings. The molecule has 0 saturated heterocycles. The van der Waals surface area contributed by atoms with Crippen molar-refractivity contribution in [2.75, 3.05) is 18.9 Å². The van der Waals surface area contributed by atoms with Gasteiger partial charge in [0.05, 0.1) is 24.9 Å². The Morgan fingerprint density at radius 3 is 2.43 bits per heavy atom. The van der Waals surface area contributed by atoms with Gasteiger partial charge in [0.25, 0.3) is 0 Å². The minimum absolute atomic E-state index is 0.321. The highest BCUT2D eigenvalue weighted by molar-refractivity contribution is 7.89. The van der Waals surface area contributed by atoms with Crippen LogP contribution in [0.25, 0.3) is 0 Å². The fourth-order valence-electron chi connectivity index (χ4n) is 0.582. The van der Waals surface area contributed by atoms with E-state index in [1.165, 1.54) is 0 Å². The number of nitrogens with one attached hydrogen (secondary N) is 1. The van der Waals surface area contributed by atoms with Crippen molar-refractivity contribution >= 4 is 16.0 Å². The van der Waals surface area contributed by atoms with Gasteiger partial charge in [-0.1, -0.05) is 0 Å². The van der Waals surface area contributed by atoms with E-state index < -0.39 is 40.9 Å². The molecule has 0 aromatic heterocycles. The zero-order valence-corrected chi connectivity index (χ0v) is 8.20. The summed E-state index contributed by atoms with van der Waals surface area (Å²) in [5.74, 6) is -1.75. The van der Waals surface area contributed by atoms with Crippen LogP contribution >= 0.6 is 0 Å². The molecule has 8 heteroatoms. The summed E-state index contributed by atoms with van der Waals surface area (Å²) < 4.78 is 23.9. The number of sulfonamides is 1. The SMILES string of the molecule is O=C(O)CCS(=O)(=O)NCC(O)CO. The highest BCUT2D eigenvalue weighted by Gasteiger charge is 2.13. The molecule has 0 aliphatic heterocycles. The highest BCUT2D eigenvalue weighted by atomic mass is 32.2. The summed E-state index contributed by atoms with van der Waals surface area (Å²) in [7, 11) is -3.68. The van der Waals surface area contributed by atoms with Gasteiger partial charge in [-0.05, 0) is 0 Å². The van der Waals surface area contributed by atoms with Crippen molar-refractivity contribution in [2.45, 2.75) is 12.5 Å². The molecule has 1 unspecified atom stereocenters. The number of carboxylic acid groups (broad SMARTS) is 1. The third kappa shape index (κ3) is 6.78. The monoisotopic (exact) mass is 227 g/mol. The van der Waals surface area contributed by atoms with Gasteiger partial charge in [-0.3, -0.25) is 4.79 Å². The number of hydrogen-bond acceptors (Lipinski definition) is 5. The standard InChI is InChI=1S/C6H13NO6S/c8-4-5(9)3-7-14(12,13)2-1-6(10)11/h5,7-9H,1-4H2,(H,10,11). The lowest BCUT2D eigenvalue weighted by molar-refractivity contribution is -0.136. The first-order valence-electron chi connectivity index (χ1n) is 3.85. The number of hydrogen-bond donors (Lipinski definition) is 4. The van der Waals surface area contributed by atoms with E-state index in [0.29, 0.717) is 0 Å². The third-order valence-electron chi connectivity index (χ3n) is 1.33. The van der Waals surface area contributed by atoms with Crippen molar-refractivity contribution in [1.82, 2.24) is 4.72 Å². The number of rotatable bonds is 7. The topological polar surface area (TPSA) is 124 Å². The van der Waals surface area contributed by atoms with E-state index in [0.717, 1.165) is 0 Å². The van der Waals surface area contributed by atoms with Crippen LogP contribution in [0.5, 0.6) is 0 Å². The molecule has 0 aromatic carbocycles. The highest BCUT2D eigenvalue weighted by Crippen LogP contribution is 1.90. The van der Waals surface area contributed by atoms with Gasteiger partial charge >= 0.3 is 5.97 Å². The van der Waals surface area contributed by atoms with Crippen LogP contribution in [-0.4, -0.2) is 54.7 Å². The van der Waals surface area contributed by atoms with Crippen molar-refractivity contribution in [3.63, 3.8) is 0 Å². The molecule has 0 aromatic rings. The second-order valence-electron chi connectivity index (χ2n) is 2.65. The molecule has 14 heavy (non-hydrogen) atoms. The summed E-state index contributed by atoms with van der Waals surface area (Å²) in [4.78, 5) is 10.1. The Kier molecular flexibility index (Phi) is 5.62. The van der Waals surface area contributed by atoms with Crippen LogP contribution in [0.15, 0.2) is 0 Å². The van der Waals surface area contributed by atoms with Gasteiger partial charge in [0.1, 0.15) is 0 Å². The maximum atomic E-state index is 11.0. The van der Waals surface area contributed by atoms with E-state index in [4.69, 9.17) is 15.3 Å². The lowest BCUT2D eigenvalue weighted by atomic mass is 10.4. The fourth-order valence-corrected chi connectivity index (χ4v) is 1.62. The number of aliphatic carboxylic acids is 1. The molecule has 0 bridgehead atoms. The van der Waals surface area contributed by atoms with Crippen molar-refractivity contribution in [3.05, 3.63) is 0 Å². The van der Waals surface area contributed by atoms with Crippen LogP contribution in [0.4, 0.5) is 0 Å². The van der Waals surface area contributed by atoms with E-state index >= 15 is 0 Å². The Hall–Kier alpha value is -0.700. The largest absolute Gasteiger partial charge is 0.481 e. The van der Waals surface area contributed by atoms with E-state index in [-0.39, 0.29) is 6.54 Å². The maximum absolute atomic E-state index is 11.0. The Balaban J connectivity index is 3.90. The summed E-state index contributed by atoms with van der Waals surface area (Å²) in [6, 6.07) is 0. The molecule has 0 aliphatic rings. The van der Waals surface area contributed by atoms with Gasteiger partial charge in [-0.15, -0.1) is 0 Å². The number of carboxylic acids is 1. The minimum atomic E-state index is -3.68. The summed E-state index contributed by atoms with van der Waals surface area (Å²) in [6.45, 7) is -0.875. The molecule has 7 nitrogen and oxygen atoms in total. The molecule has 1 atom stereocenters. The Morgan fingerprint density at radius 2 is 2.00 bits per heavy atom. The van der Waals surface area contributed by atoms with Crippen LogP contribution in [0.1, 0.15) is 6.42 Å². The average molecular weight is 227 g/mol. The van der Waals surface area contributed by atoms with Crippen LogP contribution in [0.2, 0.25) is 0 Å². The van der Waals surface area contributed by atoms with Gasteiger partial charge in [-0.25, -0.2) is 13.1 Å². The van der Waals surface area contributed by atoms with Gasteiger partial charge < -0.3 is 15.3 Å². The molecule has 0 spiro atoms. The first kappa shape index (κ1) is 13.3. The predicted molar refractivity (Wildman–Crippen MR) is 47.1 cm³/mol. The van der Waals surface area contributed by atoms with Crippen LogP contribution in [0.3, 0.4) is 0 Å². The summed E-state index contributed by atoms with van der Waals surface area (Å²) in [6.07, 6.45) is -1.67. The van der Waals surface area contributed by atoms with E-state index in [9.17, 15) is 13.2 Å². The first-order chi connectivity index (χ1) is 6.37.